The molecule has 2 atom stereocenters. The van der Waals surface area contributed by atoms with Gasteiger partial charge in [0.15, 0.2) is 6.04 Å². The van der Waals surface area contributed by atoms with E-state index < -0.39 is 39.5 Å². The van der Waals surface area contributed by atoms with Gasteiger partial charge in [-0.15, -0.1) is 0 Å². The summed E-state index contributed by atoms with van der Waals surface area (Å²) in [5.74, 6) is -2.29. The average Bonchev–Trinajstić information content (AvgIpc) is 2.33. The van der Waals surface area contributed by atoms with Crippen LogP contribution in [0.4, 0.5) is 0 Å². The summed E-state index contributed by atoms with van der Waals surface area (Å²) < 4.78 is 30.1. The molecule has 7 nitrogen and oxygen atoms in total. The van der Waals surface area contributed by atoms with Crippen molar-refractivity contribution in [3.63, 3.8) is 0 Å². The predicted molar refractivity (Wildman–Crippen MR) is 85.4 cm³/mol. The maximum Gasteiger partial charge on any atom is 0.342 e. The first kappa shape index (κ1) is 19.6. The summed E-state index contributed by atoms with van der Waals surface area (Å²) in [7, 11) is -1.59. The van der Waals surface area contributed by atoms with Crippen molar-refractivity contribution < 1.29 is 28.0 Å². The van der Waals surface area contributed by atoms with Gasteiger partial charge in [0.2, 0.25) is 5.79 Å². The Bertz CT molecular complexity index is 547. The lowest BCUT2D eigenvalue weighted by atomic mass is 10.1. The molecular weight excluding hydrogens is 322 g/mol. The van der Waals surface area contributed by atoms with E-state index in [1.165, 1.54) is 0 Å². The highest BCUT2D eigenvalue weighted by Gasteiger charge is 2.42. The van der Waals surface area contributed by atoms with Crippen LogP contribution in [-0.4, -0.2) is 39.3 Å². The van der Waals surface area contributed by atoms with E-state index in [0.717, 1.165) is 0 Å². The zero-order chi connectivity index (χ0) is 18.0. The van der Waals surface area contributed by atoms with Crippen molar-refractivity contribution in [2.45, 2.75) is 65.0 Å². The Labute approximate surface area is 139 Å². The van der Waals surface area contributed by atoms with Crippen molar-refractivity contribution in [1.82, 2.24) is 4.72 Å². The van der Waals surface area contributed by atoms with E-state index in [2.05, 4.69) is 4.72 Å². The average molecular weight is 347 g/mol. The van der Waals surface area contributed by atoms with E-state index in [1.807, 2.05) is 0 Å². The predicted octanol–water partition coefficient (Wildman–Crippen LogP) is 1.55. The molecule has 132 valence electrons. The van der Waals surface area contributed by atoms with Gasteiger partial charge in [-0.2, -0.15) is 0 Å². The fourth-order valence-corrected chi connectivity index (χ4v) is 2.70. The molecule has 0 saturated heterocycles. The van der Waals surface area contributed by atoms with Gasteiger partial charge < -0.3 is 14.2 Å². The van der Waals surface area contributed by atoms with Crippen LogP contribution < -0.4 is 4.72 Å². The maximum atomic E-state index is 12.3. The summed E-state index contributed by atoms with van der Waals surface area (Å²) in [6, 6.07) is -1.22. The lowest BCUT2D eigenvalue weighted by Gasteiger charge is -2.34. The first-order valence-electron chi connectivity index (χ1n) is 7.37. The molecule has 0 aromatic carbocycles. The van der Waals surface area contributed by atoms with Crippen LogP contribution in [0.25, 0.3) is 0 Å². The van der Waals surface area contributed by atoms with Crippen molar-refractivity contribution in [3.8, 4) is 0 Å². The number of cyclic esters (lactones) is 1. The summed E-state index contributed by atoms with van der Waals surface area (Å²) in [6.07, 6.45) is 0. The number of esters is 2. The van der Waals surface area contributed by atoms with Gasteiger partial charge in [-0.25, -0.2) is 18.5 Å². The molecule has 0 aromatic heterocycles. The van der Waals surface area contributed by atoms with E-state index in [0.29, 0.717) is 0 Å². The molecule has 1 N–H and O–H groups in total. The molecule has 0 spiro atoms. The molecule has 0 aliphatic carbocycles. The summed E-state index contributed by atoms with van der Waals surface area (Å²) in [6.45, 7) is 11.8. The highest BCUT2D eigenvalue weighted by Crippen LogP contribution is 2.29. The minimum Gasteiger partial charge on any atom is -0.465 e. The molecular formula is C15H25NO6S. The number of nitrogens with one attached hydrogen (secondary N) is 1. The van der Waals surface area contributed by atoms with Gasteiger partial charge >= 0.3 is 11.9 Å². The van der Waals surface area contributed by atoms with Crippen LogP contribution in [0.15, 0.2) is 11.3 Å². The number of allylic oxidation sites excluding steroid dienone is 1. The Morgan fingerprint density at radius 2 is 1.91 bits per heavy atom. The van der Waals surface area contributed by atoms with Crippen molar-refractivity contribution in [2.24, 2.45) is 0 Å². The SMILES string of the molecule is CCOC(=O)[C@H](NS(=O)C(C)(C)C)C1=C(C)OC(C)(C)OC1=O. The number of hydrogen-bond acceptors (Lipinski definition) is 6. The molecule has 0 aromatic rings. The zero-order valence-electron chi connectivity index (χ0n) is 14.6. The van der Waals surface area contributed by atoms with Gasteiger partial charge in [-0.05, 0) is 34.6 Å². The standard InChI is InChI=1S/C15H25NO6S/c1-8-20-13(18)11(16-23(19)14(3,4)5)10-9(2)21-15(6,7)22-12(10)17/h11,16H,8H2,1-7H3/t11-,23?/m1/s1. The third-order valence-corrected chi connectivity index (χ3v) is 4.49. The van der Waals surface area contributed by atoms with Crippen molar-refractivity contribution in [1.29, 1.82) is 0 Å². The highest BCUT2D eigenvalue weighted by molar-refractivity contribution is 7.84. The van der Waals surface area contributed by atoms with Gasteiger partial charge in [-0.1, -0.05) is 0 Å². The molecule has 1 heterocycles. The summed E-state index contributed by atoms with van der Waals surface area (Å²) in [5, 5.41) is 0. The van der Waals surface area contributed by atoms with Crippen LogP contribution >= 0.6 is 0 Å². The first-order chi connectivity index (χ1) is 10.4. The second-order valence-electron chi connectivity index (χ2n) is 6.55. The van der Waals surface area contributed by atoms with Crippen LogP contribution in [-0.2, 0) is 34.8 Å². The molecule has 0 bridgehead atoms. The Morgan fingerprint density at radius 1 is 1.35 bits per heavy atom. The quantitative estimate of drug-likeness (QED) is 0.759. The van der Waals surface area contributed by atoms with Gasteiger partial charge in [0, 0.05) is 13.8 Å². The molecule has 0 fully saturated rings. The minimum atomic E-state index is -1.59. The second-order valence-corrected chi connectivity index (χ2v) is 8.54. The van der Waals surface area contributed by atoms with Crippen molar-refractivity contribution in [3.05, 3.63) is 11.3 Å². The second kappa shape index (κ2) is 7.00. The topological polar surface area (TPSA) is 90.9 Å². The Morgan fingerprint density at radius 3 is 2.35 bits per heavy atom. The van der Waals surface area contributed by atoms with Gasteiger partial charge in [0.1, 0.15) is 11.3 Å². The molecule has 1 aliphatic heterocycles. The molecule has 0 radical (unpaired) electrons. The zero-order valence-corrected chi connectivity index (χ0v) is 15.5. The Hall–Kier alpha value is -1.41. The fourth-order valence-electron chi connectivity index (χ4n) is 1.92. The van der Waals surface area contributed by atoms with E-state index in [-0.39, 0.29) is 17.9 Å². The molecule has 1 unspecified atom stereocenters. The summed E-state index contributed by atoms with van der Waals surface area (Å²) in [5.41, 5.74) is -0.0274. The van der Waals surface area contributed by atoms with Gasteiger partial charge in [-0.3, -0.25) is 0 Å². The smallest absolute Gasteiger partial charge is 0.342 e. The lowest BCUT2D eigenvalue weighted by Crippen LogP contribution is -2.50. The largest absolute Gasteiger partial charge is 0.465 e. The molecule has 8 heteroatoms. The van der Waals surface area contributed by atoms with Crippen LogP contribution in [0, 0.1) is 0 Å². The molecule has 0 amide bonds. The third-order valence-electron chi connectivity index (χ3n) is 2.93. The van der Waals surface area contributed by atoms with Gasteiger partial charge in [0.05, 0.1) is 22.3 Å². The van der Waals surface area contributed by atoms with Crippen LogP contribution in [0.5, 0.6) is 0 Å². The van der Waals surface area contributed by atoms with Crippen molar-refractivity contribution in [2.75, 3.05) is 6.61 Å². The van der Waals surface area contributed by atoms with Crippen LogP contribution in [0.1, 0.15) is 48.5 Å². The number of rotatable bonds is 5. The Kier molecular flexibility index (Phi) is 5.98. The third kappa shape index (κ3) is 5.04. The van der Waals surface area contributed by atoms with Crippen LogP contribution in [0.3, 0.4) is 0 Å². The van der Waals surface area contributed by atoms with Gasteiger partial charge in [0.25, 0.3) is 0 Å². The number of ether oxygens (including phenoxy) is 3. The van der Waals surface area contributed by atoms with Crippen molar-refractivity contribution >= 4 is 22.9 Å². The monoisotopic (exact) mass is 347 g/mol. The summed E-state index contributed by atoms with van der Waals surface area (Å²) >= 11 is 0. The molecule has 0 saturated carbocycles. The van der Waals surface area contributed by atoms with E-state index in [9.17, 15) is 13.8 Å². The molecule has 1 aliphatic rings. The number of carbonyl (C=O) groups is 2. The number of carbonyl (C=O) groups excluding carboxylic acids is 2. The van der Waals surface area contributed by atoms with E-state index >= 15 is 0 Å². The Balaban J connectivity index is 3.22. The molecule has 23 heavy (non-hydrogen) atoms. The fraction of sp³-hybridized carbons (Fsp3) is 0.733. The number of hydrogen-bond donors (Lipinski definition) is 1. The van der Waals surface area contributed by atoms with E-state index in [1.54, 1.807) is 48.5 Å². The van der Waals surface area contributed by atoms with E-state index in [4.69, 9.17) is 14.2 Å². The minimum absolute atomic E-state index is 0.0274. The first-order valence-corrected chi connectivity index (χ1v) is 8.52. The highest BCUT2D eigenvalue weighted by atomic mass is 32.2. The maximum absolute atomic E-state index is 12.3. The summed E-state index contributed by atoms with van der Waals surface area (Å²) in [4.78, 5) is 24.5. The molecule has 1 rings (SSSR count). The normalized spacial score (nSPS) is 20.4. The van der Waals surface area contributed by atoms with Crippen LogP contribution in [0.2, 0.25) is 0 Å². The lowest BCUT2D eigenvalue weighted by molar-refractivity contribution is -0.208.